The van der Waals surface area contributed by atoms with Gasteiger partial charge in [-0.15, -0.1) is 0 Å². The molecule has 1 aromatic heterocycles. The van der Waals surface area contributed by atoms with E-state index in [0.29, 0.717) is 24.5 Å². The van der Waals surface area contributed by atoms with Gasteiger partial charge in [0.05, 0.1) is 0 Å². The van der Waals surface area contributed by atoms with Crippen molar-refractivity contribution in [3.63, 3.8) is 0 Å². The number of amides is 2. The summed E-state index contributed by atoms with van der Waals surface area (Å²) < 4.78 is 5.49. The van der Waals surface area contributed by atoms with E-state index in [9.17, 15) is 9.59 Å². The lowest BCUT2D eigenvalue weighted by molar-refractivity contribution is -0.131. The van der Waals surface area contributed by atoms with Gasteiger partial charge in [-0.05, 0) is 46.3 Å². The van der Waals surface area contributed by atoms with Crippen molar-refractivity contribution in [1.82, 2.24) is 14.9 Å². The van der Waals surface area contributed by atoms with Crippen molar-refractivity contribution >= 4 is 29.6 Å². The van der Waals surface area contributed by atoms with Crippen LogP contribution in [-0.4, -0.2) is 56.9 Å². The Balaban J connectivity index is 1.69. The second-order valence-corrected chi connectivity index (χ2v) is 9.68. The van der Waals surface area contributed by atoms with Crippen molar-refractivity contribution < 1.29 is 14.3 Å². The number of thioether (sulfide) groups is 1. The molecule has 1 saturated carbocycles. The smallest absolute Gasteiger partial charge is 0.417 e. The molecule has 0 aromatic carbocycles. The maximum atomic E-state index is 13.6. The molecule has 1 atom stereocenters. The Kier molecular flexibility index (Phi) is 4.80. The first-order valence-electron chi connectivity index (χ1n) is 9.99. The molecule has 0 bridgehead atoms. The second-order valence-electron chi connectivity index (χ2n) is 8.91. The Hall–Kier alpha value is -1.83. The number of fused-ring (bicyclic) bond motifs is 1. The van der Waals surface area contributed by atoms with Gasteiger partial charge >= 0.3 is 6.09 Å². The Morgan fingerprint density at radius 3 is 2.68 bits per heavy atom. The number of aromatic nitrogens is 2. The van der Waals surface area contributed by atoms with Crippen molar-refractivity contribution in [2.24, 2.45) is 0 Å². The third-order valence-corrected chi connectivity index (χ3v) is 6.43. The highest BCUT2D eigenvalue weighted by molar-refractivity contribution is 7.98. The van der Waals surface area contributed by atoms with E-state index < -0.39 is 17.2 Å². The van der Waals surface area contributed by atoms with Crippen LogP contribution in [0.5, 0.6) is 0 Å². The molecule has 1 aromatic rings. The quantitative estimate of drug-likeness (QED) is 0.552. The molecule has 7 nitrogen and oxygen atoms in total. The molecule has 2 amide bonds. The number of imide groups is 1. The van der Waals surface area contributed by atoms with Gasteiger partial charge in [0, 0.05) is 30.8 Å². The number of hydrogen-bond acceptors (Lipinski definition) is 7. The largest absolute Gasteiger partial charge is 0.443 e. The van der Waals surface area contributed by atoms with Crippen LogP contribution in [0.2, 0.25) is 0 Å². The Morgan fingerprint density at radius 1 is 1.32 bits per heavy atom. The average molecular weight is 405 g/mol. The summed E-state index contributed by atoms with van der Waals surface area (Å²) in [6, 6.07) is 0.286. The van der Waals surface area contributed by atoms with Gasteiger partial charge in [-0.1, -0.05) is 24.6 Å². The zero-order chi connectivity index (χ0) is 20.1. The topological polar surface area (TPSA) is 75.6 Å². The van der Waals surface area contributed by atoms with Crippen LogP contribution in [0.3, 0.4) is 0 Å². The SMILES string of the molecule is CSc1ncc2c(n1)N(C1CCCC1)C1(CCN(C(=O)OC(C)(C)C)C1=O)C2. The lowest BCUT2D eigenvalue weighted by Crippen LogP contribution is -2.57. The van der Waals surface area contributed by atoms with Crippen LogP contribution in [0.1, 0.15) is 58.4 Å². The summed E-state index contributed by atoms with van der Waals surface area (Å²) in [5.41, 5.74) is -0.362. The van der Waals surface area contributed by atoms with E-state index in [1.807, 2.05) is 33.2 Å². The number of nitrogens with zero attached hydrogens (tertiary/aromatic N) is 4. The van der Waals surface area contributed by atoms with Gasteiger partial charge < -0.3 is 9.64 Å². The number of hydrogen-bond donors (Lipinski definition) is 0. The van der Waals surface area contributed by atoms with Gasteiger partial charge in [0.25, 0.3) is 5.91 Å². The normalized spacial score (nSPS) is 25.1. The molecule has 2 fully saturated rings. The fourth-order valence-electron chi connectivity index (χ4n) is 4.74. The zero-order valence-electron chi connectivity index (χ0n) is 17.0. The number of rotatable bonds is 2. The van der Waals surface area contributed by atoms with Gasteiger partial charge in [0.2, 0.25) is 0 Å². The Bertz CT molecular complexity index is 803. The molecule has 4 rings (SSSR count). The minimum Gasteiger partial charge on any atom is -0.443 e. The molecule has 1 unspecified atom stereocenters. The number of carbonyl (C=O) groups excluding carboxylic acids is 2. The highest BCUT2D eigenvalue weighted by Crippen LogP contribution is 2.47. The van der Waals surface area contributed by atoms with Crippen LogP contribution in [0, 0.1) is 0 Å². The van der Waals surface area contributed by atoms with Crippen LogP contribution < -0.4 is 4.90 Å². The van der Waals surface area contributed by atoms with E-state index >= 15 is 0 Å². The molecular formula is C20H28N4O3S. The molecule has 8 heteroatoms. The first-order valence-corrected chi connectivity index (χ1v) is 11.2. The van der Waals surface area contributed by atoms with Crippen LogP contribution in [-0.2, 0) is 16.0 Å². The predicted molar refractivity (Wildman–Crippen MR) is 108 cm³/mol. The monoisotopic (exact) mass is 404 g/mol. The minimum absolute atomic E-state index is 0.155. The van der Waals surface area contributed by atoms with E-state index in [2.05, 4.69) is 9.88 Å². The summed E-state index contributed by atoms with van der Waals surface area (Å²) >= 11 is 1.50. The molecule has 3 aliphatic rings. The third kappa shape index (κ3) is 3.15. The second kappa shape index (κ2) is 6.90. The van der Waals surface area contributed by atoms with Crippen molar-refractivity contribution in [3.05, 3.63) is 11.8 Å². The number of anilines is 1. The van der Waals surface area contributed by atoms with Crippen molar-refractivity contribution in [1.29, 1.82) is 0 Å². The van der Waals surface area contributed by atoms with Gasteiger partial charge in [0.1, 0.15) is 17.0 Å². The molecule has 1 spiro atoms. The van der Waals surface area contributed by atoms with E-state index in [-0.39, 0.29) is 11.9 Å². The summed E-state index contributed by atoms with van der Waals surface area (Å²) in [5, 5.41) is 0.716. The van der Waals surface area contributed by atoms with Gasteiger partial charge in [-0.25, -0.2) is 19.7 Å². The molecule has 0 N–H and O–H groups in total. The average Bonchev–Trinajstić information content (AvgIpc) is 3.32. The van der Waals surface area contributed by atoms with Gasteiger partial charge in [-0.3, -0.25) is 4.79 Å². The highest BCUT2D eigenvalue weighted by atomic mass is 32.2. The fourth-order valence-corrected chi connectivity index (χ4v) is 5.07. The molecule has 28 heavy (non-hydrogen) atoms. The molecule has 2 aliphatic heterocycles. The maximum absolute atomic E-state index is 13.6. The molecule has 152 valence electrons. The van der Waals surface area contributed by atoms with E-state index in [1.165, 1.54) is 16.7 Å². The van der Waals surface area contributed by atoms with Crippen LogP contribution in [0.25, 0.3) is 0 Å². The van der Waals surface area contributed by atoms with E-state index in [4.69, 9.17) is 9.72 Å². The molecule has 1 aliphatic carbocycles. The fraction of sp³-hybridized carbons (Fsp3) is 0.700. The number of ether oxygens (including phenoxy) is 1. The van der Waals surface area contributed by atoms with E-state index in [1.54, 1.807) is 0 Å². The molecular weight excluding hydrogens is 376 g/mol. The summed E-state index contributed by atoms with van der Waals surface area (Å²) in [7, 11) is 0. The zero-order valence-corrected chi connectivity index (χ0v) is 17.8. The lowest BCUT2D eigenvalue weighted by Gasteiger charge is -2.39. The van der Waals surface area contributed by atoms with Crippen LogP contribution in [0.4, 0.5) is 10.6 Å². The van der Waals surface area contributed by atoms with Crippen molar-refractivity contribution in [2.75, 3.05) is 17.7 Å². The molecule has 0 radical (unpaired) electrons. The first-order chi connectivity index (χ1) is 13.2. The summed E-state index contributed by atoms with van der Waals surface area (Å²) in [6.45, 7) is 5.83. The summed E-state index contributed by atoms with van der Waals surface area (Å²) in [5.74, 6) is 0.725. The first kappa shape index (κ1) is 19.5. The summed E-state index contributed by atoms with van der Waals surface area (Å²) in [4.78, 5) is 38.9. The van der Waals surface area contributed by atoms with E-state index in [0.717, 1.165) is 37.1 Å². The standard InChI is InChI=1S/C20H28N4O3S/c1-19(2,3)27-18(26)23-10-9-20(16(23)25)11-13-12-21-17(28-4)22-15(13)24(20)14-7-5-6-8-14/h12,14H,5-11H2,1-4H3. The minimum atomic E-state index is -0.736. The van der Waals surface area contributed by atoms with Crippen molar-refractivity contribution in [2.45, 2.75) is 81.6 Å². The highest BCUT2D eigenvalue weighted by Gasteiger charge is 2.59. The lowest BCUT2D eigenvalue weighted by atomic mass is 9.91. The third-order valence-electron chi connectivity index (χ3n) is 5.87. The predicted octanol–water partition coefficient (Wildman–Crippen LogP) is 3.41. The Labute approximate surface area is 170 Å². The van der Waals surface area contributed by atoms with Crippen LogP contribution >= 0.6 is 11.8 Å². The molecule has 1 saturated heterocycles. The van der Waals surface area contributed by atoms with Crippen LogP contribution in [0.15, 0.2) is 11.4 Å². The summed E-state index contributed by atoms with van der Waals surface area (Å²) in [6.07, 6.45) is 8.86. The number of likely N-dealkylation sites (tertiary alicyclic amines) is 1. The number of carbonyl (C=O) groups is 2. The Morgan fingerprint density at radius 2 is 2.04 bits per heavy atom. The van der Waals surface area contributed by atoms with Gasteiger partial charge in [0.15, 0.2) is 5.16 Å². The maximum Gasteiger partial charge on any atom is 0.417 e. The molecule has 3 heterocycles. The van der Waals surface area contributed by atoms with Crippen molar-refractivity contribution in [3.8, 4) is 0 Å². The van der Waals surface area contributed by atoms with Gasteiger partial charge in [-0.2, -0.15) is 0 Å².